The van der Waals surface area contributed by atoms with E-state index in [-0.39, 0.29) is 12.1 Å². The second-order valence-electron chi connectivity index (χ2n) is 4.14. The van der Waals surface area contributed by atoms with Gasteiger partial charge in [-0.2, -0.15) is 13.2 Å². The molecule has 0 radical (unpaired) electrons. The van der Waals surface area contributed by atoms with Crippen LogP contribution >= 0.6 is 27.5 Å². The highest BCUT2D eigenvalue weighted by Crippen LogP contribution is 2.32. The molecule has 0 atom stereocenters. The second-order valence-corrected chi connectivity index (χ2v) is 5.40. The summed E-state index contributed by atoms with van der Waals surface area (Å²) >= 11 is 9.13. The highest BCUT2D eigenvalue weighted by atomic mass is 79.9. The maximum absolute atomic E-state index is 12.8. The topological polar surface area (TPSA) is 12.0 Å². The van der Waals surface area contributed by atoms with Gasteiger partial charge in [-0.05, 0) is 45.8 Å². The molecule has 2 rings (SSSR count). The van der Waals surface area contributed by atoms with E-state index < -0.39 is 11.7 Å². The van der Waals surface area contributed by atoms with Crippen LogP contribution in [0, 0.1) is 0 Å². The standard InChI is InChI=1S/C14H10BrClF3N/c15-12-7-10(5-6-13(12)16)20-8-9-3-1-2-4-11(9)14(17,18)19/h1-7,20H,8H2. The number of halogens is 5. The first kappa shape index (κ1) is 15.2. The molecule has 0 aromatic heterocycles. The molecule has 1 N–H and O–H groups in total. The summed E-state index contributed by atoms with van der Waals surface area (Å²) < 4.78 is 39.2. The first-order chi connectivity index (χ1) is 9.38. The van der Waals surface area contributed by atoms with Crippen molar-refractivity contribution in [1.29, 1.82) is 0 Å². The van der Waals surface area contributed by atoms with Gasteiger partial charge in [-0.15, -0.1) is 0 Å². The molecule has 0 spiro atoms. The van der Waals surface area contributed by atoms with Crippen LogP contribution in [0.25, 0.3) is 0 Å². The Hall–Kier alpha value is -1.20. The minimum absolute atomic E-state index is 0.0871. The highest BCUT2D eigenvalue weighted by Gasteiger charge is 2.32. The van der Waals surface area contributed by atoms with Gasteiger partial charge in [0.2, 0.25) is 0 Å². The molecule has 0 unspecified atom stereocenters. The fourth-order valence-electron chi connectivity index (χ4n) is 1.75. The predicted molar refractivity (Wildman–Crippen MR) is 77.9 cm³/mol. The molecule has 0 heterocycles. The number of anilines is 1. The molecule has 2 aromatic rings. The molecule has 20 heavy (non-hydrogen) atoms. The zero-order chi connectivity index (χ0) is 14.8. The van der Waals surface area contributed by atoms with Crippen LogP contribution in [0.4, 0.5) is 18.9 Å². The summed E-state index contributed by atoms with van der Waals surface area (Å²) in [6.07, 6.45) is -4.35. The molecule has 0 aliphatic rings. The Morgan fingerprint density at radius 3 is 2.45 bits per heavy atom. The number of alkyl halides is 3. The Labute approximate surface area is 127 Å². The number of hydrogen-bond donors (Lipinski definition) is 1. The van der Waals surface area contributed by atoms with Crippen LogP contribution in [-0.4, -0.2) is 0 Å². The molecule has 6 heteroatoms. The van der Waals surface area contributed by atoms with E-state index in [2.05, 4.69) is 21.2 Å². The maximum atomic E-state index is 12.8. The number of nitrogens with one attached hydrogen (secondary N) is 1. The first-order valence-electron chi connectivity index (χ1n) is 5.72. The largest absolute Gasteiger partial charge is 0.416 e. The van der Waals surface area contributed by atoms with Gasteiger partial charge < -0.3 is 5.32 Å². The lowest BCUT2D eigenvalue weighted by atomic mass is 10.1. The van der Waals surface area contributed by atoms with Crippen molar-refractivity contribution in [3.8, 4) is 0 Å². The van der Waals surface area contributed by atoms with E-state index in [4.69, 9.17) is 11.6 Å². The van der Waals surface area contributed by atoms with Crippen molar-refractivity contribution in [3.63, 3.8) is 0 Å². The molecule has 1 nitrogen and oxygen atoms in total. The highest BCUT2D eigenvalue weighted by molar-refractivity contribution is 9.10. The third-order valence-corrected chi connectivity index (χ3v) is 3.94. The van der Waals surface area contributed by atoms with Crippen LogP contribution in [0.2, 0.25) is 5.02 Å². The molecule has 2 aromatic carbocycles. The zero-order valence-electron chi connectivity index (χ0n) is 10.1. The lowest BCUT2D eigenvalue weighted by Crippen LogP contribution is -2.11. The van der Waals surface area contributed by atoms with E-state index in [1.807, 2.05) is 0 Å². The van der Waals surface area contributed by atoms with Gasteiger partial charge in [-0.3, -0.25) is 0 Å². The van der Waals surface area contributed by atoms with E-state index in [9.17, 15) is 13.2 Å². The Kier molecular flexibility index (Phi) is 4.60. The molecule has 0 amide bonds. The second kappa shape index (κ2) is 6.06. The van der Waals surface area contributed by atoms with Gasteiger partial charge >= 0.3 is 6.18 Å². The summed E-state index contributed by atoms with van der Waals surface area (Å²) in [7, 11) is 0. The molecule has 0 saturated heterocycles. The molecule has 106 valence electrons. The minimum Gasteiger partial charge on any atom is -0.381 e. The summed E-state index contributed by atoms with van der Waals surface area (Å²) in [5.74, 6) is 0. The van der Waals surface area contributed by atoms with Crippen LogP contribution in [0.5, 0.6) is 0 Å². The van der Waals surface area contributed by atoms with Gasteiger partial charge in [0.05, 0.1) is 10.6 Å². The lowest BCUT2D eigenvalue weighted by Gasteiger charge is -2.14. The molecular weight excluding hydrogens is 355 g/mol. The van der Waals surface area contributed by atoms with Crippen LogP contribution in [0.3, 0.4) is 0 Å². The molecule has 0 aliphatic heterocycles. The number of benzene rings is 2. The smallest absolute Gasteiger partial charge is 0.381 e. The monoisotopic (exact) mass is 363 g/mol. The van der Waals surface area contributed by atoms with Crippen molar-refractivity contribution in [1.82, 2.24) is 0 Å². The van der Waals surface area contributed by atoms with E-state index in [0.717, 1.165) is 6.07 Å². The van der Waals surface area contributed by atoms with Crippen molar-refractivity contribution in [2.45, 2.75) is 12.7 Å². The normalized spacial score (nSPS) is 11.4. The zero-order valence-corrected chi connectivity index (χ0v) is 12.5. The minimum atomic E-state index is -4.35. The Bertz CT molecular complexity index is 614. The van der Waals surface area contributed by atoms with Crippen molar-refractivity contribution in [2.24, 2.45) is 0 Å². The summed E-state index contributed by atoms with van der Waals surface area (Å²) in [6, 6.07) is 10.6. The molecule has 0 aliphatic carbocycles. The van der Waals surface area contributed by atoms with Crippen LogP contribution in [-0.2, 0) is 12.7 Å². The molecular formula is C14H10BrClF3N. The number of rotatable bonds is 3. The quantitative estimate of drug-likeness (QED) is 0.733. The van der Waals surface area contributed by atoms with E-state index in [1.165, 1.54) is 12.1 Å². The van der Waals surface area contributed by atoms with Crippen molar-refractivity contribution in [3.05, 3.63) is 63.1 Å². The lowest BCUT2D eigenvalue weighted by molar-refractivity contribution is -0.138. The third-order valence-electron chi connectivity index (χ3n) is 2.73. The predicted octanol–water partition coefficient (Wildman–Crippen LogP) is 5.73. The fraction of sp³-hybridized carbons (Fsp3) is 0.143. The van der Waals surface area contributed by atoms with Crippen LogP contribution in [0.15, 0.2) is 46.9 Å². The SMILES string of the molecule is FC(F)(F)c1ccccc1CNc1ccc(Cl)c(Br)c1. The van der Waals surface area contributed by atoms with Gasteiger partial charge in [0.1, 0.15) is 0 Å². The average Bonchev–Trinajstić information content (AvgIpc) is 2.39. The Morgan fingerprint density at radius 1 is 1.10 bits per heavy atom. The van der Waals surface area contributed by atoms with Crippen molar-refractivity contribution in [2.75, 3.05) is 5.32 Å². The first-order valence-corrected chi connectivity index (χ1v) is 6.89. The van der Waals surface area contributed by atoms with Gasteiger partial charge in [0.15, 0.2) is 0 Å². The summed E-state index contributed by atoms with van der Waals surface area (Å²) in [5.41, 5.74) is 0.268. The molecule has 0 bridgehead atoms. The van der Waals surface area contributed by atoms with Gasteiger partial charge in [0.25, 0.3) is 0 Å². The van der Waals surface area contributed by atoms with Gasteiger partial charge in [0, 0.05) is 16.7 Å². The maximum Gasteiger partial charge on any atom is 0.416 e. The summed E-state index contributed by atoms with van der Waals surface area (Å²) in [4.78, 5) is 0. The average molecular weight is 365 g/mol. The van der Waals surface area contributed by atoms with Crippen molar-refractivity contribution >= 4 is 33.2 Å². The van der Waals surface area contributed by atoms with Gasteiger partial charge in [-0.25, -0.2) is 0 Å². The van der Waals surface area contributed by atoms with E-state index in [1.54, 1.807) is 24.3 Å². The molecule has 0 fully saturated rings. The summed E-state index contributed by atoms with van der Waals surface area (Å²) in [6.45, 7) is 0.0871. The Balaban J connectivity index is 2.17. The Morgan fingerprint density at radius 2 is 1.80 bits per heavy atom. The van der Waals surface area contributed by atoms with Gasteiger partial charge in [-0.1, -0.05) is 29.8 Å². The van der Waals surface area contributed by atoms with Crippen LogP contribution in [0.1, 0.15) is 11.1 Å². The van der Waals surface area contributed by atoms with E-state index in [0.29, 0.717) is 15.2 Å². The van der Waals surface area contributed by atoms with Crippen molar-refractivity contribution < 1.29 is 13.2 Å². The van der Waals surface area contributed by atoms with E-state index >= 15 is 0 Å². The fourth-order valence-corrected chi connectivity index (χ4v) is 2.25. The molecule has 0 saturated carbocycles. The van der Waals surface area contributed by atoms with Crippen LogP contribution < -0.4 is 5.32 Å². The third kappa shape index (κ3) is 3.67. The summed E-state index contributed by atoms with van der Waals surface area (Å²) in [5, 5.41) is 3.50. The number of hydrogen-bond acceptors (Lipinski definition) is 1.